The minimum Gasteiger partial charge on any atom is -0.507 e. The van der Waals surface area contributed by atoms with Gasteiger partial charge in [-0.25, -0.2) is 0 Å². The van der Waals surface area contributed by atoms with Crippen LogP contribution in [0.4, 0.5) is 5.69 Å². The number of aryl methyl sites for hydroxylation is 1. The quantitative estimate of drug-likeness (QED) is 0.149. The molecule has 1 N–H and O–H groups in total. The van der Waals surface area contributed by atoms with E-state index in [1.807, 2.05) is 55.5 Å². The molecule has 4 aromatic rings. The number of methoxy groups -OCH3 is 2. The number of Topliss-reactive ketones (excluding diaryl/α,β-unsaturated/α-hetero) is 1. The van der Waals surface area contributed by atoms with Crippen LogP contribution in [-0.4, -0.2) is 31.0 Å². The van der Waals surface area contributed by atoms with Crippen molar-refractivity contribution in [2.24, 2.45) is 0 Å². The highest BCUT2D eigenvalue weighted by Gasteiger charge is 2.47. The number of hydrogen-bond acceptors (Lipinski definition) is 6. The molecular formula is C32H26ClNO6. The Balaban J connectivity index is 1.72. The Bertz CT molecular complexity index is 1630. The van der Waals surface area contributed by atoms with E-state index in [1.165, 1.54) is 31.3 Å². The third kappa shape index (κ3) is 4.99. The molecule has 1 atom stereocenters. The van der Waals surface area contributed by atoms with Crippen molar-refractivity contribution in [3.05, 3.63) is 118 Å². The Morgan fingerprint density at radius 1 is 0.825 bits per heavy atom. The number of nitrogens with zero attached hydrogens (tertiary/aromatic N) is 1. The summed E-state index contributed by atoms with van der Waals surface area (Å²) < 4.78 is 16.8. The minimum atomic E-state index is -0.965. The molecule has 1 saturated heterocycles. The summed E-state index contributed by atoms with van der Waals surface area (Å²) in [6.45, 7) is 1.90. The van der Waals surface area contributed by atoms with E-state index in [0.717, 1.165) is 5.56 Å². The third-order valence-electron chi connectivity index (χ3n) is 6.61. The zero-order valence-electron chi connectivity index (χ0n) is 22.1. The van der Waals surface area contributed by atoms with Crippen molar-refractivity contribution < 1.29 is 28.9 Å². The van der Waals surface area contributed by atoms with Gasteiger partial charge in [-0.05, 0) is 60.5 Å². The Morgan fingerprint density at radius 2 is 1.52 bits per heavy atom. The monoisotopic (exact) mass is 555 g/mol. The van der Waals surface area contributed by atoms with Crippen LogP contribution in [0.3, 0.4) is 0 Å². The number of carbonyl (C=O) groups is 2. The van der Waals surface area contributed by atoms with E-state index in [0.29, 0.717) is 22.7 Å². The van der Waals surface area contributed by atoms with Crippen LogP contribution in [0.1, 0.15) is 22.7 Å². The maximum atomic E-state index is 13.6. The van der Waals surface area contributed by atoms with Crippen LogP contribution < -0.4 is 19.1 Å². The van der Waals surface area contributed by atoms with Crippen molar-refractivity contribution in [2.45, 2.75) is 13.0 Å². The Morgan fingerprint density at radius 3 is 2.23 bits per heavy atom. The fraction of sp³-hybridized carbons (Fsp3) is 0.125. The lowest BCUT2D eigenvalue weighted by molar-refractivity contribution is -0.132. The van der Waals surface area contributed by atoms with Gasteiger partial charge in [0.05, 0.1) is 36.4 Å². The van der Waals surface area contributed by atoms with Crippen molar-refractivity contribution in [3.63, 3.8) is 0 Å². The molecule has 1 aliphatic rings. The number of ether oxygens (including phenoxy) is 3. The number of benzene rings is 4. The predicted molar refractivity (Wildman–Crippen MR) is 153 cm³/mol. The van der Waals surface area contributed by atoms with E-state index in [-0.39, 0.29) is 27.7 Å². The van der Waals surface area contributed by atoms with Gasteiger partial charge in [-0.1, -0.05) is 54.1 Å². The van der Waals surface area contributed by atoms with Crippen LogP contribution >= 0.6 is 11.6 Å². The molecule has 4 aromatic carbocycles. The van der Waals surface area contributed by atoms with E-state index in [4.69, 9.17) is 25.8 Å². The molecule has 202 valence electrons. The maximum Gasteiger partial charge on any atom is 0.300 e. The average Bonchev–Trinajstić information content (AvgIpc) is 3.23. The van der Waals surface area contributed by atoms with Gasteiger partial charge in [0.15, 0.2) is 0 Å². The van der Waals surface area contributed by atoms with Crippen molar-refractivity contribution in [1.82, 2.24) is 0 Å². The first-order valence-corrected chi connectivity index (χ1v) is 12.8. The number of halogens is 1. The number of ketones is 1. The molecule has 0 bridgehead atoms. The second kappa shape index (κ2) is 11.2. The second-order valence-corrected chi connectivity index (χ2v) is 9.59. The summed E-state index contributed by atoms with van der Waals surface area (Å²) in [4.78, 5) is 28.6. The van der Waals surface area contributed by atoms with Gasteiger partial charge in [-0.15, -0.1) is 0 Å². The second-order valence-electron chi connectivity index (χ2n) is 9.18. The summed E-state index contributed by atoms with van der Waals surface area (Å²) in [5.41, 5.74) is 2.04. The van der Waals surface area contributed by atoms with Crippen molar-refractivity contribution in [1.29, 1.82) is 0 Å². The van der Waals surface area contributed by atoms with Crippen LogP contribution in [-0.2, 0) is 9.59 Å². The van der Waals surface area contributed by atoms with Crippen LogP contribution in [0.5, 0.6) is 23.0 Å². The third-order valence-corrected chi connectivity index (χ3v) is 6.90. The van der Waals surface area contributed by atoms with Gasteiger partial charge in [0.25, 0.3) is 11.7 Å². The van der Waals surface area contributed by atoms with Gasteiger partial charge in [0.2, 0.25) is 0 Å². The molecule has 0 radical (unpaired) electrons. The number of carbonyl (C=O) groups excluding carboxylic acids is 2. The zero-order chi connectivity index (χ0) is 28.4. The highest BCUT2D eigenvalue weighted by molar-refractivity contribution is 6.51. The molecule has 0 spiro atoms. The number of hydrogen-bond donors (Lipinski definition) is 1. The average molecular weight is 556 g/mol. The van der Waals surface area contributed by atoms with Gasteiger partial charge in [0.1, 0.15) is 28.8 Å². The summed E-state index contributed by atoms with van der Waals surface area (Å²) in [5.74, 6) is -0.410. The first-order chi connectivity index (χ1) is 19.3. The molecule has 0 aliphatic carbocycles. The van der Waals surface area contributed by atoms with Crippen LogP contribution in [0, 0.1) is 6.92 Å². The molecule has 1 heterocycles. The number of para-hydroxylation sites is 1. The molecule has 7 nitrogen and oxygen atoms in total. The van der Waals surface area contributed by atoms with E-state index in [2.05, 4.69) is 0 Å². The molecule has 1 amide bonds. The molecule has 40 heavy (non-hydrogen) atoms. The smallest absolute Gasteiger partial charge is 0.300 e. The number of anilines is 1. The Kier molecular flexibility index (Phi) is 7.49. The van der Waals surface area contributed by atoms with Crippen molar-refractivity contribution >= 4 is 34.7 Å². The summed E-state index contributed by atoms with van der Waals surface area (Å²) in [6, 6.07) is 25.6. The fourth-order valence-electron chi connectivity index (χ4n) is 4.76. The standard InChI is InChI=1S/C32H26ClNO6/c1-19-9-7-11-21(15-19)34-29(20-10-8-14-23(16-20)40-22-12-5-4-6-13-22)28(31(36)32(34)37)30(35)24-17-27(39-3)25(33)18-26(24)38-2/h4-18,29,35H,1-3H3/b30-28+. The fourth-order valence-corrected chi connectivity index (χ4v) is 4.99. The maximum absolute atomic E-state index is 13.6. The van der Waals surface area contributed by atoms with Gasteiger partial charge in [-0.2, -0.15) is 0 Å². The lowest BCUT2D eigenvalue weighted by atomic mass is 9.94. The molecule has 1 fully saturated rings. The lowest BCUT2D eigenvalue weighted by Gasteiger charge is -2.26. The number of rotatable bonds is 7. The molecule has 1 unspecified atom stereocenters. The summed E-state index contributed by atoms with van der Waals surface area (Å²) in [6.07, 6.45) is 0. The number of amides is 1. The molecule has 5 rings (SSSR count). The summed E-state index contributed by atoms with van der Waals surface area (Å²) in [5, 5.41) is 11.9. The van der Waals surface area contributed by atoms with E-state index < -0.39 is 23.5 Å². The summed E-state index contributed by atoms with van der Waals surface area (Å²) >= 11 is 6.28. The Hall–Kier alpha value is -4.75. The predicted octanol–water partition coefficient (Wildman–Crippen LogP) is 7.08. The topological polar surface area (TPSA) is 85.3 Å². The van der Waals surface area contributed by atoms with Gasteiger partial charge in [0, 0.05) is 11.8 Å². The first-order valence-electron chi connectivity index (χ1n) is 12.4. The van der Waals surface area contributed by atoms with Gasteiger partial charge in [-0.3, -0.25) is 14.5 Å². The highest BCUT2D eigenvalue weighted by Crippen LogP contribution is 2.45. The normalized spacial score (nSPS) is 16.2. The zero-order valence-corrected chi connectivity index (χ0v) is 22.8. The summed E-state index contributed by atoms with van der Waals surface area (Å²) in [7, 11) is 2.86. The van der Waals surface area contributed by atoms with Crippen molar-refractivity contribution in [3.8, 4) is 23.0 Å². The lowest BCUT2D eigenvalue weighted by Crippen LogP contribution is -2.29. The molecule has 1 aliphatic heterocycles. The van der Waals surface area contributed by atoms with E-state index in [1.54, 1.807) is 30.3 Å². The van der Waals surface area contributed by atoms with Crippen LogP contribution in [0.25, 0.3) is 5.76 Å². The number of aliphatic hydroxyl groups excluding tert-OH is 1. The van der Waals surface area contributed by atoms with Gasteiger partial charge >= 0.3 is 0 Å². The SMILES string of the molecule is COc1cc(/C(O)=C2\C(=O)C(=O)N(c3cccc(C)c3)C2c2cccc(Oc3ccccc3)c2)c(OC)cc1Cl. The van der Waals surface area contributed by atoms with Gasteiger partial charge < -0.3 is 19.3 Å². The van der Waals surface area contributed by atoms with Crippen molar-refractivity contribution in [2.75, 3.05) is 19.1 Å². The van der Waals surface area contributed by atoms with Crippen LogP contribution in [0.2, 0.25) is 5.02 Å². The molecule has 8 heteroatoms. The molecule has 0 saturated carbocycles. The largest absolute Gasteiger partial charge is 0.507 e. The highest BCUT2D eigenvalue weighted by atomic mass is 35.5. The first kappa shape index (κ1) is 26.8. The number of aliphatic hydroxyl groups is 1. The van der Waals surface area contributed by atoms with E-state index in [9.17, 15) is 14.7 Å². The Labute approximate surface area is 236 Å². The molecular weight excluding hydrogens is 530 g/mol. The van der Waals surface area contributed by atoms with Crippen LogP contribution in [0.15, 0.2) is 96.6 Å². The minimum absolute atomic E-state index is 0.106. The molecule has 0 aromatic heterocycles. The van der Waals surface area contributed by atoms with E-state index >= 15 is 0 Å².